The van der Waals surface area contributed by atoms with Crippen LogP contribution in [0.2, 0.25) is 0 Å². The van der Waals surface area contributed by atoms with E-state index in [1.54, 1.807) is 0 Å². The maximum absolute atomic E-state index is 10.8. The largest absolute Gasteiger partial charge is 0.445 e. The zero-order chi connectivity index (χ0) is 13.5. The molecule has 1 amide bonds. The third-order valence-corrected chi connectivity index (χ3v) is 2.09. The van der Waals surface area contributed by atoms with Crippen LogP contribution in [0.1, 0.15) is 0 Å². The van der Waals surface area contributed by atoms with Crippen LogP contribution in [-0.2, 0) is 23.7 Å². The van der Waals surface area contributed by atoms with Crippen molar-refractivity contribution in [2.45, 2.75) is 0 Å². The van der Waals surface area contributed by atoms with Gasteiger partial charge < -0.3 is 24.2 Å². The molecule has 0 aliphatic carbocycles. The van der Waals surface area contributed by atoms with Crippen LogP contribution >= 0.6 is 12.6 Å². The fourth-order valence-electron chi connectivity index (χ4n) is 0.967. The third kappa shape index (κ3) is 13.8. The van der Waals surface area contributed by atoms with Gasteiger partial charge >= 0.3 is 0 Å². The van der Waals surface area contributed by atoms with Crippen LogP contribution in [-0.4, -0.2) is 72.5 Å². The molecule has 0 rings (SSSR count). The molecule has 0 saturated carbocycles. The topological polar surface area (TPSA) is 66.0 Å². The van der Waals surface area contributed by atoms with E-state index < -0.39 is 0 Å². The number of carbonyl (C=O) groups is 1. The van der Waals surface area contributed by atoms with Crippen molar-refractivity contribution < 1.29 is 23.7 Å². The Labute approximate surface area is 115 Å². The van der Waals surface area contributed by atoms with Crippen molar-refractivity contribution >= 4 is 26.6 Å². The number of rotatable bonds is 13. The molecule has 6 nitrogen and oxygen atoms in total. The average molecular weight is 277 g/mol. The fourth-order valence-corrected chi connectivity index (χ4v) is 1.08. The van der Waals surface area contributed by atoms with Gasteiger partial charge in [-0.3, -0.25) is 4.79 Å². The maximum Gasteiger partial charge on any atom is 0.282 e. The van der Waals surface area contributed by atoms with Crippen LogP contribution in [0.5, 0.6) is 0 Å². The zero-order valence-electron chi connectivity index (χ0n) is 10.4. The fraction of sp³-hybridized carbons (Fsp3) is 0.900. The van der Waals surface area contributed by atoms with Gasteiger partial charge in [0.15, 0.2) is 0 Å². The molecule has 0 heterocycles. The van der Waals surface area contributed by atoms with Crippen molar-refractivity contribution in [2.75, 3.05) is 58.5 Å². The minimum atomic E-state index is -0.100. The number of nitrogens with one attached hydrogen (secondary N) is 1. The summed E-state index contributed by atoms with van der Waals surface area (Å²) in [4.78, 5) is 10.8. The molecule has 0 fully saturated rings. The van der Waals surface area contributed by atoms with Crippen LogP contribution in [0.4, 0.5) is 0 Å². The molecule has 0 unspecified atom stereocenters. The Balaban J connectivity index is 2.97. The van der Waals surface area contributed by atoms with Crippen LogP contribution in [0.15, 0.2) is 0 Å². The van der Waals surface area contributed by atoms with Gasteiger partial charge in [0.1, 0.15) is 0 Å². The Morgan fingerprint density at radius 3 is 1.94 bits per heavy atom. The lowest BCUT2D eigenvalue weighted by Crippen LogP contribution is -2.28. The maximum atomic E-state index is 10.8. The predicted octanol–water partition coefficient (Wildman–Crippen LogP) is -0.818. The summed E-state index contributed by atoms with van der Waals surface area (Å²) < 4.78 is 19.9. The van der Waals surface area contributed by atoms with Gasteiger partial charge in [0.05, 0.1) is 52.0 Å². The highest BCUT2D eigenvalue weighted by Crippen LogP contribution is 1.81. The van der Waals surface area contributed by atoms with E-state index in [1.807, 2.05) is 0 Å². The smallest absolute Gasteiger partial charge is 0.282 e. The van der Waals surface area contributed by atoms with Crippen LogP contribution in [0.25, 0.3) is 0 Å². The van der Waals surface area contributed by atoms with Crippen LogP contribution in [0, 0.1) is 0 Å². The van der Waals surface area contributed by atoms with E-state index in [2.05, 4.69) is 22.6 Å². The molecule has 0 aliphatic rings. The molecule has 0 spiro atoms. The SMILES string of the molecule is [B]OCCOCCOCCOCCNC(=O)CS. The highest BCUT2D eigenvalue weighted by Gasteiger charge is 1.95. The number of amides is 1. The molecular weight excluding hydrogens is 257 g/mol. The molecule has 104 valence electrons. The summed E-state index contributed by atoms with van der Waals surface area (Å²) in [5, 5.41) is 2.64. The molecule has 8 heteroatoms. The van der Waals surface area contributed by atoms with E-state index in [-0.39, 0.29) is 11.7 Å². The Hall–Kier alpha value is -0.275. The van der Waals surface area contributed by atoms with Crippen molar-refractivity contribution in [3.05, 3.63) is 0 Å². The first kappa shape index (κ1) is 17.7. The molecule has 0 aromatic rings. The third-order valence-electron chi connectivity index (χ3n) is 1.80. The Morgan fingerprint density at radius 1 is 0.944 bits per heavy atom. The average Bonchev–Trinajstić information content (AvgIpc) is 2.39. The standard InChI is InChI=1S/C10H20BNO5S/c11-17-8-7-16-6-5-15-4-3-14-2-1-12-10(13)9-18/h18H,1-9H2,(H,12,13). The summed E-state index contributed by atoms with van der Waals surface area (Å²) in [5.74, 6) is 0.0926. The molecule has 0 aromatic heterocycles. The van der Waals surface area contributed by atoms with Gasteiger partial charge in [-0.2, -0.15) is 12.6 Å². The molecule has 0 aliphatic heterocycles. The Morgan fingerprint density at radius 2 is 1.44 bits per heavy atom. The molecule has 18 heavy (non-hydrogen) atoms. The lowest BCUT2D eigenvalue weighted by molar-refractivity contribution is -0.118. The van der Waals surface area contributed by atoms with E-state index in [1.165, 1.54) is 0 Å². The summed E-state index contributed by atoms with van der Waals surface area (Å²) in [6, 6.07) is 0. The van der Waals surface area contributed by atoms with E-state index in [4.69, 9.17) is 22.3 Å². The van der Waals surface area contributed by atoms with Crippen LogP contribution in [0.3, 0.4) is 0 Å². The number of ether oxygens (including phenoxy) is 3. The minimum Gasteiger partial charge on any atom is -0.445 e. The van der Waals surface area contributed by atoms with Crippen LogP contribution < -0.4 is 5.32 Å². The lowest BCUT2D eigenvalue weighted by atomic mass is 10.6. The van der Waals surface area contributed by atoms with E-state index in [9.17, 15) is 4.79 Å². The van der Waals surface area contributed by atoms with E-state index in [0.29, 0.717) is 52.8 Å². The van der Waals surface area contributed by atoms with E-state index in [0.717, 1.165) is 0 Å². The molecule has 0 saturated heterocycles. The summed E-state index contributed by atoms with van der Waals surface area (Å²) in [6.45, 7) is 3.78. The van der Waals surface area contributed by atoms with E-state index >= 15 is 0 Å². The summed E-state index contributed by atoms with van der Waals surface area (Å²) >= 11 is 3.83. The van der Waals surface area contributed by atoms with Gasteiger partial charge in [0.2, 0.25) is 5.91 Å². The van der Waals surface area contributed by atoms with Gasteiger partial charge in [-0.25, -0.2) is 0 Å². The first-order chi connectivity index (χ1) is 8.81. The summed E-state index contributed by atoms with van der Waals surface area (Å²) in [5.41, 5.74) is 0. The van der Waals surface area contributed by atoms with Crippen molar-refractivity contribution in [1.82, 2.24) is 5.32 Å². The number of hydrogen-bond donors (Lipinski definition) is 2. The number of hydrogen-bond acceptors (Lipinski definition) is 6. The zero-order valence-corrected chi connectivity index (χ0v) is 11.3. The molecular formula is C10H20BNO5S. The van der Waals surface area contributed by atoms with Gasteiger partial charge in [0.25, 0.3) is 8.05 Å². The molecule has 2 radical (unpaired) electrons. The quantitative estimate of drug-likeness (QED) is 0.262. The van der Waals surface area contributed by atoms with Crippen molar-refractivity contribution in [3.8, 4) is 0 Å². The highest BCUT2D eigenvalue weighted by molar-refractivity contribution is 7.81. The Bertz CT molecular complexity index is 199. The predicted molar refractivity (Wildman–Crippen MR) is 71.0 cm³/mol. The number of carbonyl (C=O) groups excluding carboxylic acids is 1. The summed E-state index contributed by atoms with van der Waals surface area (Å²) in [6.07, 6.45) is 0. The van der Waals surface area contributed by atoms with Gasteiger partial charge in [0, 0.05) is 6.54 Å². The van der Waals surface area contributed by atoms with Crippen molar-refractivity contribution in [1.29, 1.82) is 0 Å². The van der Waals surface area contributed by atoms with Gasteiger partial charge in [-0.15, -0.1) is 0 Å². The second-order valence-corrected chi connectivity index (χ2v) is 3.53. The lowest BCUT2D eigenvalue weighted by Gasteiger charge is -2.07. The first-order valence-corrected chi connectivity index (χ1v) is 6.37. The molecule has 1 N–H and O–H groups in total. The second kappa shape index (κ2) is 14.8. The molecule has 0 bridgehead atoms. The number of thiol groups is 1. The molecule has 0 aromatic carbocycles. The van der Waals surface area contributed by atoms with Gasteiger partial charge in [-0.1, -0.05) is 0 Å². The van der Waals surface area contributed by atoms with Crippen molar-refractivity contribution in [2.24, 2.45) is 0 Å². The Kier molecular flexibility index (Phi) is 14.6. The first-order valence-electron chi connectivity index (χ1n) is 5.73. The van der Waals surface area contributed by atoms with Crippen molar-refractivity contribution in [3.63, 3.8) is 0 Å². The normalized spacial score (nSPS) is 10.5. The monoisotopic (exact) mass is 277 g/mol. The minimum absolute atomic E-state index is 0.100. The molecule has 0 atom stereocenters. The highest BCUT2D eigenvalue weighted by atomic mass is 32.1. The second-order valence-electron chi connectivity index (χ2n) is 3.22. The summed E-state index contributed by atoms with van der Waals surface area (Å²) in [7, 11) is 4.82. The van der Waals surface area contributed by atoms with Gasteiger partial charge in [-0.05, 0) is 0 Å².